The molecule has 0 spiro atoms. The van der Waals surface area contributed by atoms with Gasteiger partial charge in [0.15, 0.2) is 0 Å². The molecular formula is C10H15NO2. The second-order valence-corrected chi connectivity index (χ2v) is 3.67. The maximum absolute atomic E-state index is 8.80. The lowest BCUT2D eigenvalue weighted by Gasteiger charge is -2.12. The third-order valence-electron chi connectivity index (χ3n) is 2.45. The van der Waals surface area contributed by atoms with Gasteiger partial charge in [-0.2, -0.15) is 0 Å². The summed E-state index contributed by atoms with van der Waals surface area (Å²) in [6, 6.07) is 4.52. The summed E-state index contributed by atoms with van der Waals surface area (Å²) < 4.78 is 5.39. The van der Waals surface area contributed by atoms with E-state index in [9.17, 15) is 0 Å². The van der Waals surface area contributed by atoms with Crippen LogP contribution in [0.4, 0.5) is 0 Å². The van der Waals surface area contributed by atoms with Gasteiger partial charge in [-0.1, -0.05) is 0 Å². The molecule has 1 fully saturated rings. The van der Waals surface area contributed by atoms with Crippen molar-refractivity contribution in [2.45, 2.75) is 32.0 Å². The Kier molecular flexibility index (Phi) is 2.38. The smallest absolute Gasteiger partial charge is 0.129 e. The molecule has 72 valence electrons. The summed E-state index contributed by atoms with van der Waals surface area (Å²) in [6.07, 6.45) is 2.62. The number of nitrogens with zero attached hydrogens (tertiary/aromatic N) is 1. The summed E-state index contributed by atoms with van der Waals surface area (Å²) in [5.41, 5.74) is 0. The Balaban J connectivity index is 1.92. The van der Waals surface area contributed by atoms with Crippen LogP contribution in [0.15, 0.2) is 16.5 Å². The van der Waals surface area contributed by atoms with Gasteiger partial charge in [-0.05, 0) is 32.0 Å². The van der Waals surface area contributed by atoms with Crippen molar-refractivity contribution in [3.63, 3.8) is 0 Å². The zero-order valence-corrected chi connectivity index (χ0v) is 7.86. The first-order chi connectivity index (χ1) is 6.29. The Labute approximate surface area is 78.0 Å². The predicted molar refractivity (Wildman–Crippen MR) is 49.1 cm³/mol. The minimum absolute atomic E-state index is 0.00680. The minimum Gasteiger partial charge on any atom is -0.462 e. The van der Waals surface area contributed by atoms with Crippen molar-refractivity contribution in [2.24, 2.45) is 0 Å². The van der Waals surface area contributed by atoms with E-state index in [2.05, 4.69) is 11.9 Å². The van der Waals surface area contributed by atoms with Gasteiger partial charge in [0.1, 0.15) is 18.1 Å². The van der Waals surface area contributed by atoms with E-state index >= 15 is 0 Å². The minimum atomic E-state index is -0.00680. The topological polar surface area (TPSA) is 36.6 Å². The Morgan fingerprint density at radius 2 is 2.15 bits per heavy atom. The summed E-state index contributed by atoms with van der Waals surface area (Å²) in [4.78, 5) is 2.29. The molecule has 1 aliphatic carbocycles. The van der Waals surface area contributed by atoms with Crippen LogP contribution in [0.5, 0.6) is 0 Å². The van der Waals surface area contributed by atoms with Crippen molar-refractivity contribution < 1.29 is 9.52 Å². The van der Waals surface area contributed by atoms with Crippen molar-refractivity contribution in [3.05, 3.63) is 23.7 Å². The van der Waals surface area contributed by atoms with Crippen LogP contribution in [0.3, 0.4) is 0 Å². The Morgan fingerprint density at radius 1 is 1.46 bits per heavy atom. The van der Waals surface area contributed by atoms with Crippen LogP contribution in [0.2, 0.25) is 0 Å². The highest BCUT2D eigenvalue weighted by molar-refractivity contribution is 5.06. The van der Waals surface area contributed by atoms with E-state index in [0.717, 1.165) is 18.3 Å². The fourth-order valence-corrected chi connectivity index (χ4v) is 1.48. The first kappa shape index (κ1) is 8.78. The molecule has 0 radical (unpaired) electrons. The fourth-order valence-electron chi connectivity index (χ4n) is 1.48. The predicted octanol–water partition coefficient (Wildman–Crippen LogP) is 1.37. The number of hydrogen-bond acceptors (Lipinski definition) is 3. The normalized spacial score (nSPS) is 16.8. The zero-order valence-electron chi connectivity index (χ0n) is 7.86. The highest BCUT2D eigenvalue weighted by Gasteiger charge is 2.26. The summed E-state index contributed by atoms with van der Waals surface area (Å²) in [7, 11) is 2.11. The number of furan rings is 1. The van der Waals surface area contributed by atoms with E-state index in [1.54, 1.807) is 0 Å². The molecule has 2 rings (SSSR count). The van der Waals surface area contributed by atoms with Crippen LogP contribution in [0.1, 0.15) is 24.4 Å². The van der Waals surface area contributed by atoms with E-state index in [4.69, 9.17) is 9.52 Å². The average Bonchev–Trinajstić information content (AvgIpc) is 2.88. The van der Waals surface area contributed by atoms with Gasteiger partial charge in [0, 0.05) is 6.04 Å². The molecule has 1 aromatic heterocycles. The van der Waals surface area contributed by atoms with Crippen LogP contribution >= 0.6 is 0 Å². The summed E-state index contributed by atoms with van der Waals surface area (Å²) in [6.45, 7) is 0.845. The molecule has 0 amide bonds. The third-order valence-corrected chi connectivity index (χ3v) is 2.45. The molecule has 0 aliphatic heterocycles. The summed E-state index contributed by atoms with van der Waals surface area (Å²) >= 11 is 0. The molecule has 0 saturated heterocycles. The lowest BCUT2D eigenvalue weighted by molar-refractivity contribution is 0.231. The molecule has 1 saturated carbocycles. The van der Waals surface area contributed by atoms with Crippen molar-refractivity contribution in [1.82, 2.24) is 4.90 Å². The first-order valence-electron chi connectivity index (χ1n) is 4.68. The van der Waals surface area contributed by atoms with Gasteiger partial charge in [-0.25, -0.2) is 0 Å². The average molecular weight is 181 g/mol. The molecule has 1 aliphatic rings. The van der Waals surface area contributed by atoms with E-state index in [1.165, 1.54) is 12.8 Å². The molecule has 13 heavy (non-hydrogen) atoms. The SMILES string of the molecule is CN(Cc1ccc(CO)o1)C1CC1. The van der Waals surface area contributed by atoms with E-state index in [1.807, 2.05) is 12.1 Å². The number of rotatable bonds is 4. The molecule has 1 N–H and O–H groups in total. The molecule has 0 bridgehead atoms. The molecule has 0 unspecified atom stereocenters. The molecule has 0 aromatic carbocycles. The summed E-state index contributed by atoms with van der Waals surface area (Å²) in [5, 5.41) is 8.80. The quantitative estimate of drug-likeness (QED) is 0.762. The molecule has 1 heterocycles. The van der Waals surface area contributed by atoms with Crippen LogP contribution in [0.25, 0.3) is 0 Å². The van der Waals surface area contributed by atoms with Crippen molar-refractivity contribution in [3.8, 4) is 0 Å². The van der Waals surface area contributed by atoms with Crippen molar-refractivity contribution in [1.29, 1.82) is 0 Å². The van der Waals surface area contributed by atoms with Crippen LogP contribution in [0, 0.1) is 0 Å². The monoisotopic (exact) mass is 181 g/mol. The van der Waals surface area contributed by atoms with Gasteiger partial charge in [0.2, 0.25) is 0 Å². The lowest BCUT2D eigenvalue weighted by atomic mass is 10.4. The highest BCUT2D eigenvalue weighted by atomic mass is 16.4. The van der Waals surface area contributed by atoms with Gasteiger partial charge in [-0.3, -0.25) is 4.90 Å². The van der Waals surface area contributed by atoms with E-state index in [0.29, 0.717) is 5.76 Å². The number of aliphatic hydroxyl groups excluding tert-OH is 1. The van der Waals surface area contributed by atoms with Gasteiger partial charge < -0.3 is 9.52 Å². The van der Waals surface area contributed by atoms with Gasteiger partial charge >= 0.3 is 0 Å². The molecule has 0 atom stereocenters. The standard InChI is InChI=1S/C10H15NO2/c1-11(8-2-3-8)6-9-4-5-10(7-12)13-9/h4-5,8,12H,2-3,6-7H2,1H3. The fraction of sp³-hybridized carbons (Fsp3) is 0.600. The molecule has 1 aromatic rings. The zero-order chi connectivity index (χ0) is 9.26. The van der Waals surface area contributed by atoms with Crippen LogP contribution in [-0.2, 0) is 13.2 Å². The Bertz CT molecular complexity index is 278. The second-order valence-electron chi connectivity index (χ2n) is 3.67. The van der Waals surface area contributed by atoms with E-state index < -0.39 is 0 Å². The second kappa shape index (κ2) is 3.52. The maximum atomic E-state index is 8.80. The Morgan fingerprint density at radius 3 is 2.69 bits per heavy atom. The first-order valence-corrected chi connectivity index (χ1v) is 4.68. The maximum Gasteiger partial charge on any atom is 0.129 e. The number of hydrogen-bond donors (Lipinski definition) is 1. The lowest BCUT2D eigenvalue weighted by Crippen LogP contribution is -2.19. The number of aliphatic hydroxyl groups is 1. The van der Waals surface area contributed by atoms with Crippen LogP contribution in [-0.4, -0.2) is 23.1 Å². The molecular weight excluding hydrogens is 166 g/mol. The van der Waals surface area contributed by atoms with Crippen molar-refractivity contribution >= 4 is 0 Å². The van der Waals surface area contributed by atoms with Gasteiger partial charge in [0.05, 0.1) is 6.54 Å². The van der Waals surface area contributed by atoms with Gasteiger partial charge in [-0.15, -0.1) is 0 Å². The van der Waals surface area contributed by atoms with E-state index in [-0.39, 0.29) is 6.61 Å². The Hall–Kier alpha value is -0.800. The van der Waals surface area contributed by atoms with Gasteiger partial charge in [0.25, 0.3) is 0 Å². The van der Waals surface area contributed by atoms with Crippen molar-refractivity contribution in [2.75, 3.05) is 7.05 Å². The van der Waals surface area contributed by atoms with Crippen LogP contribution < -0.4 is 0 Å². The summed E-state index contributed by atoms with van der Waals surface area (Å²) in [5.74, 6) is 1.60. The third kappa shape index (κ3) is 2.11. The highest BCUT2D eigenvalue weighted by Crippen LogP contribution is 2.26. The molecule has 3 heteroatoms. The largest absolute Gasteiger partial charge is 0.462 e. The molecule has 3 nitrogen and oxygen atoms in total.